The Morgan fingerprint density at radius 3 is 2.38 bits per heavy atom. The first-order chi connectivity index (χ1) is 9.79. The maximum Gasteiger partial charge on any atom is 0.409 e. The first-order valence-corrected chi connectivity index (χ1v) is 7.93. The van der Waals surface area contributed by atoms with Crippen molar-refractivity contribution >= 4 is 12.0 Å². The van der Waals surface area contributed by atoms with Crippen LogP contribution < -0.4 is 5.32 Å². The molecule has 0 aromatic rings. The van der Waals surface area contributed by atoms with Crippen LogP contribution in [0, 0.1) is 17.3 Å². The summed E-state index contributed by atoms with van der Waals surface area (Å²) in [5.41, 5.74) is -0.403. The Morgan fingerprint density at radius 2 is 1.86 bits per heavy atom. The Kier molecular flexibility index (Phi) is 4.79. The molecule has 0 bridgehead atoms. The smallest absolute Gasteiger partial charge is 0.409 e. The van der Waals surface area contributed by atoms with E-state index in [0.717, 1.165) is 25.3 Å². The van der Waals surface area contributed by atoms with Crippen LogP contribution in [0.2, 0.25) is 0 Å². The maximum atomic E-state index is 12.2. The first-order valence-electron chi connectivity index (χ1n) is 7.93. The Hall–Kier alpha value is -1.26. The van der Waals surface area contributed by atoms with E-state index < -0.39 is 5.41 Å². The number of hydrogen-bond acceptors (Lipinski definition) is 3. The van der Waals surface area contributed by atoms with Gasteiger partial charge in [-0.3, -0.25) is 4.79 Å². The van der Waals surface area contributed by atoms with Crippen LogP contribution in [0.15, 0.2) is 0 Å². The second-order valence-electron chi connectivity index (χ2n) is 7.58. The molecule has 2 fully saturated rings. The molecule has 1 saturated carbocycles. The molecule has 0 spiro atoms. The molecule has 1 heterocycles. The van der Waals surface area contributed by atoms with Crippen LogP contribution in [0.4, 0.5) is 4.79 Å². The highest BCUT2D eigenvalue weighted by atomic mass is 16.5. The van der Waals surface area contributed by atoms with Crippen molar-refractivity contribution in [2.24, 2.45) is 17.3 Å². The number of methoxy groups -OCH3 is 1. The van der Waals surface area contributed by atoms with Crippen molar-refractivity contribution in [1.82, 2.24) is 10.2 Å². The zero-order valence-electron chi connectivity index (χ0n) is 13.6. The van der Waals surface area contributed by atoms with Gasteiger partial charge in [-0.1, -0.05) is 33.6 Å². The molecule has 1 aliphatic carbocycles. The summed E-state index contributed by atoms with van der Waals surface area (Å²) < 4.78 is 4.85. The predicted molar refractivity (Wildman–Crippen MR) is 80.8 cm³/mol. The minimum atomic E-state index is -0.403. The molecule has 0 aromatic carbocycles. The van der Waals surface area contributed by atoms with Crippen molar-refractivity contribution in [3.05, 3.63) is 0 Å². The fourth-order valence-electron chi connectivity index (χ4n) is 2.98. The summed E-state index contributed by atoms with van der Waals surface area (Å²) in [6, 6.07) is 0.0355. The largest absolute Gasteiger partial charge is 0.453 e. The number of amides is 2. The second kappa shape index (κ2) is 6.24. The molecule has 2 aliphatic rings. The number of carbonyl (C=O) groups excluding carboxylic acids is 2. The molecule has 1 saturated heterocycles. The van der Waals surface area contributed by atoms with E-state index in [-0.39, 0.29) is 18.0 Å². The molecule has 2 atom stereocenters. The van der Waals surface area contributed by atoms with Gasteiger partial charge in [0.25, 0.3) is 0 Å². The average Bonchev–Trinajstić information content (AvgIpc) is 3.20. The zero-order valence-corrected chi connectivity index (χ0v) is 13.6. The van der Waals surface area contributed by atoms with Gasteiger partial charge in [0.15, 0.2) is 0 Å². The van der Waals surface area contributed by atoms with Crippen LogP contribution in [-0.2, 0) is 9.53 Å². The first kappa shape index (κ1) is 16.1. The summed E-state index contributed by atoms with van der Waals surface area (Å²) in [5.74, 6) is 1.34. The van der Waals surface area contributed by atoms with Crippen molar-refractivity contribution in [2.75, 3.05) is 20.2 Å². The lowest BCUT2D eigenvalue weighted by Gasteiger charge is -2.38. The van der Waals surface area contributed by atoms with Crippen molar-refractivity contribution in [2.45, 2.75) is 52.5 Å². The second-order valence-corrected chi connectivity index (χ2v) is 7.58. The molecular weight excluding hydrogens is 268 g/mol. The lowest BCUT2D eigenvalue weighted by Crippen LogP contribution is -2.54. The minimum absolute atomic E-state index is 0.0355. The molecule has 0 radical (unpaired) electrons. The third-order valence-electron chi connectivity index (χ3n) is 4.35. The van der Waals surface area contributed by atoms with Crippen LogP contribution in [0.1, 0.15) is 46.5 Å². The molecule has 21 heavy (non-hydrogen) atoms. The van der Waals surface area contributed by atoms with Gasteiger partial charge in [-0.2, -0.15) is 0 Å². The highest BCUT2D eigenvalue weighted by molar-refractivity contribution is 5.81. The third-order valence-corrected chi connectivity index (χ3v) is 4.35. The van der Waals surface area contributed by atoms with Gasteiger partial charge in [0, 0.05) is 24.5 Å². The van der Waals surface area contributed by atoms with Gasteiger partial charge in [-0.05, 0) is 24.7 Å². The Bertz CT molecular complexity index is 399. The van der Waals surface area contributed by atoms with Crippen molar-refractivity contribution in [3.63, 3.8) is 0 Å². The van der Waals surface area contributed by atoms with E-state index in [1.165, 1.54) is 20.0 Å². The van der Waals surface area contributed by atoms with E-state index in [1.807, 2.05) is 20.8 Å². The lowest BCUT2D eigenvalue weighted by molar-refractivity contribution is -0.129. The zero-order chi connectivity index (χ0) is 15.6. The summed E-state index contributed by atoms with van der Waals surface area (Å²) >= 11 is 0. The standard InChI is InChI=1S/C16H28N2O3/c1-16(2,3)14(19)17-13-8-12(7-11-5-6-11)9-18(10-13)15(20)21-4/h11-13H,5-10H2,1-4H3,(H,17,19). The van der Waals surface area contributed by atoms with Crippen molar-refractivity contribution < 1.29 is 14.3 Å². The molecule has 120 valence electrons. The van der Waals surface area contributed by atoms with Gasteiger partial charge in [-0.25, -0.2) is 4.79 Å². The number of rotatable bonds is 3. The fraction of sp³-hybridized carbons (Fsp3) is 0.875. The van der Waals surface area contributed by atoms with Crippen molar-refractivity contribution in [3.8, 4) is 0 Å². The highest BCUT2D eigenvalue weighted by Gasteiger charge is 2.35. The van der Waals surface area contributed by atoms with E-state index in [0.29, 0.717) is 12.5 Å². The van der Waals surface area contributed by atoms with E-state index >= 15 is 0 Å². The van der Waals surface area contributed by atoms with Gasteiger partial charge < -0.3 is 15.0 Å². The van der Waals surface area contributed by atoms with E-state index in [4.69, 9.17) is 4.74 Å². The highest BCUT2D eigenvalue weighted by Crippen LogP contribution is 2.38. The predicted octanol–water partition coefficient (Wildman–Crippen LogP) is 2.41. The molecule has 2 amide bonds. The molecule has 0 aromatic heterocycles. The number of likely N-dealkylation sites (tertiary alicyclic amines) is 1. The lowest BCUT2D eigenvalue weighted by atomic mass is 9.88. The molecule has 2 unspecified atom stereocenters. The van der Waals surface area contributed by atoms with Gasteiger partial charge in [0.1, 0.15) is 0 Å². The Balaban J connectivity index is 1.97. The number of ether oxygens (including phenoxy) is 1. The van der Waals surface area contributed by atoms with E-state index in [9.17, 15) is 9.59 Å². The molecule has 5 heteroatoms. The van der Waals surface area contributed by atoms with Crippen LogP contribution in [0.5, 0.6) is 0 Å². The SMILES string of the molecule is COC(=O)N1CC(CC2CC2)CC(NC(=O)C(C)(C)C)C1. The number of hydrogen-bond donors (Lipinski definition) is 1. The summed E-state index contributed by atoms with van der Waals surface area (Å²) in [7, 11) is 1.41. The van der Waals surface area contributed by atoms with E-state index in [1.54, 1.807) is 4.90 Å². The number of carbonyl (C=O) groups is 2. The van der Waals surface area contributed by atoms with Crippen LogP contribution in [0.25, 0.3) is 0 Å². The maximum absolute atomic E-state index is 12.2. The monoisotopic (exact) mass is 296 g/mol. The Labute approximate surface area is 127 Å². The van der Waals surface area contributed by atoms with E-state index in [2.05, 4.69) is 5.32 Å². The number of nitrogens with zero attached hydrogens (tertiary/aromatic N) is 1. The summed E-state index contributed by atoms with van der Waals surface area (Å²) in [5, 5.41) is 3.10. The normalized spacial score (nSPS) is 26.4. The molecule has 5 nitrogen and oxygen atoms in total. The van der Waals surface area contributed by atoms with Crippen LogP contribution >= 0.6 is 0 Å². The quantitative estimate of drug-likeness (QED) is 0.870. The molecule has 1 aliphatic heterocycles. The van der Waals surface area contributed by atoms with Gasteiger partial charge in [0.05, 0.1) is 7.11 Å². The molecule has 1 N–H and O–H groups in total. The van der Waals surface area contributed by atoms with Gasteiger partial charge in [0.2, 0.25) is 5.91 Å². The number of piperidine rings is 1. The molecular formula is C16H28N2O3. The van der Waals surface area contributed by atoms with Gasteiger partial charge >= 0.3 is 6.09 Å². The topological polar surface area (TPSA) is 58.6 Å². The Morgan fingerprint density at radius 1 is 1.19 bits per heavy atom. The average molecular weight is 296 g/mol. The van der Waals surface area contributed by atoms with Crippen LogP contribution in [0.3, 0.4) is 0 Å². The van der Waals surface area contributed by atoms with Gasteiger partial charge in [-0.15, -0.1) is 0 Å². The minimum Gasteiger partial charge on any atom is -0.453 e. The van der Waals surface area contributed by atoms with Crippen LogP contribution in [-0.4, -0.2) is 43.1 Å². The number of nitrogens with one attached hydrogen (secondary N) is 1. The summed E-state index contributed by atoms with van der Waals surface area (Å²) in [4.78, 5) is 25.7. The summed E-state index contributed by atoms with van der Waals surface area (Å²) in [6.07, 6.45) is 4.47. The molecule has 2 rings (SSSR count). The van der Waals surface area contributed by atoms with Crippen molar-refractivity contribution in [1.29, 1.82) is 0 Å². The summed E-state index contributed by atoms with van der Waals surface area (Å²) in [6.45, 7) is 7.03. The fourth-order valence-corrected chi connectivity index (χ4v) is 2.98. The third kappa shape index (κ3) is 4.61.